The second kappa shape index (κ2) is 33.8. The van der Waals surface area contributed by atoms with Crippen LogP contribution >= 0.6 is 90.4 Å². The van der Waals surface area contributed by atoms with Gasteiger partial charge in [0.1, 0.15) is 0 Å². The van der Waals surface area contributed by atoms with Gasteiger partial charge in [0.05, 0.1) is 45.7 Å². The Morgan fingerprint density at radius 3 is 1.02 bits per heavy atom. The van der Waals surface area contributed by atoms with Crippen LogP contribution in [-0.2, 0) is 72.3 Å². The molecule has 4 aromatic rings. The number of halogens is 4. The van der Waals surface area contributed by atoms with Crippen LogP contribution in [-0.4, -0.2) is 50.3 Å². The van der Waals surface area contributed by atoms with Crippen LogP contribution in [0.25, 0.3) is 0 Å². The molecule has 8 nitrogen and oxygen atoms in total. The number of ether oxygens (including phenoxy) is 4. The van der Waals surface area contributed by atoms with E-state index in [1.807, 2.05) is 52.0 Å². The predicted octanol–water partition coefficient (Wildman–Crippen LogP) is 12.3. The molecule has 58 heavy (non-hydrogen) atoms. The summed E-state index contributed by atoms with van der Waals surface area (Å²) >= 11 is 9.15. The quantitative estimate of drug-likeness (QED) is 0.0359. The van der Waals surface area contributed by atoms with E-state index in [0.29, 0.717) is 52.1 Å². The van der Waals surface area contributed by atoms with E-state index < -0.39 is 0 Å². The minimum absolute atomic E-state index is 0. The van der Waals surface area contributed by atoms with Gasteiger partial charge in [0.2, 0.25) is 0 Å². The summed E-state index contributed by atoms with van der Waals surface area (Å²) < 4.78 is 24.5. The van der Waals surface area contributed by atoms with Gasteiger partial charge < -0.3 is 18.9 Å². The Morgan fingerprint density at radius 1 is 0.534 bits per heavy atom. The predicted molar refractivity (Wildman–Crippen MR) is 258 cm³/mol. The Balaban J connectivity index is 0. The van der Waals surface area contributed by atoms with E-state index >= 15 is 0 Å². The number of esters is 4. The summed E-state index contributed by atoms with van der Waals surface area (Å²) in [4.78, 5) is 44.9. The third-order valence-corrected chi connectivity index (χ3v) is 12.3. The zero-order valence-corrected chi connectivity index (χ0v) is 45.2. The minimum Gasteiger partial charge on any atom is -0.466 e. The fraction of sp³-hybridized carbons (Fsp3) is 0.455. The summed E-state index contributed by atoms with van der Waals surface area (Å²) in [6.45, 7) is 17.4. The van der Waals surface area contributed by atoms with Crippen molar-refractivity contribution in [3.63, 3.8) is 0 Å². The maximum Gasteiger partial charge on any atom is 2.00 e. The zero-order valence-electron chi connectivity index (χ0n) is 34.4. The molecule has 4 atom stereocenters. The standard InChI is InChI=1S/4C11H14IO2.2Fe/c4*1-3-14-11(13)7-8(2)9-5-4-6-10(9)12;;/h4*4-6,8H,3,7H2,1-2H3;;/q4*-1;2*+2/t4*8-;;/m0000../s1. The van der Waals surface area contributed by atoms with Crippen molar-refractivity contribution in [3.8, 4) is 0 Å². The third kappa shape index (κ3) is 23.5. The van der Waals surface area contributed by atoms with Gasteiger partial charge in [-0.3, -0.25) is 19.2 Å². The van der Waals surface area contributed by atoms with Crippen molar-refractivity contribution in [3.05, 3.63) is 109 Å². The summed E-state index contributed by atoms with van der Waals surface area (Å²) in [5.74, 6) is 0.529. The number of carbonyl (C=O) groups excluding carboxylic acids is 4. The molecule has 0 aromatic heterocycles. The van der Waals surface area contributed by atoms with Crippen molar-refractivity contribution in [2.24, 2.45) is 0 Å². The molecule has 0 N–H and O–H groups in total. The van der Waals surface area contributed by atoms with E-state index in [9.17, 15) is 19.2 Å². The van der Waals surface area contributed by atoms with Gasteiger partial charge >= 0.3 is 58.0 Å². The molecule has 14 heteroatoms. The normalized spacial score (nSPS) is 12.1. The van der Waals surface area contributed by atoms with Gasteiger partial charge in [-0.1, -0.05) is 44.3 Å². The monoisotopic (exact) mass is 1330 g/mol. The van der Waals surface area contributed by atoms with Crippen molar-refractivity contribution in [1.29, 1.82) is 0 Å². The van der Waals surface area contributed by atoms with Gasteiger partial charge in [-0.2, -0.15) is 58.7 Å². The summed E-state index contributed by atoms with van der Waals surface area (Å²) in [6.07, 6.45) is 1.86. The molecule has 0 saturated heterocycles. The second-order valence-corrected chi connectivity index (χ2v) is 17.6. The summed E-state index contributed by atoms with van der Waals surface area (Å²) in [5, 5.41) is 0. The van der Waals surface area contributed by atoms with Gasteiger partial charge in [0.25, 0.3) is 0 Å². The van der Waals surface area contributed by atoms with Crippen LogP contribution in [0.4, 0.5) is 0 Å². The fourth-order valence-corrected chi connectivity index (χ4v) is 9.24. The van der Waals surface area contributed by atoms with Crippen LogP contribution in [0.15, 0.2) is 72.8 Å². The molecule has 0 spiro atoms. The molecular formula is C44H56Fe2I4O8. The van der Waals surface area contributed by atoms with Gasteiger partial charge in [-0.15, -0.1) is 93.9 Å². The smallest absolute Gasteiger partial charge is 0.466 e. The van der Waals surface area contributed by atoms with E-state index in [4.69, 9.17) is 18.9 Å². The molecule has 0 unspecified atom stereocenters. The van der Waals surface area contributed by atoms with Crippen LogP contribution in [0, 0.1) is 14.3 Å². The maximum absolute atomic E-state index is 11.2. The Bertz CT molecular complexity index is 1480. The minimum atomic E-state index is -0.114. The Morgan fingerprint density at radius 2 is 0.810 bits per heavy atom. The van der Waals surface area contributed by atoms with E-state index in [2.05, 4.69) is 167 Å². The molecule has 0 fully saturated rings. The molecule has 0 bridgehead atoms. The number of rotatable bonds is 16. The van der Waals surface area contributed by atoms with E-state index in [-0.39, 0.29) is 81.7 Å². The van der Waals surface area contributed by atoms with Crippen molar-refractivity contribution in [1.82, 2.24) is 0 Å². The molecule has 4 aromatic carbocycles. The van der Waals surface area contributed by atoms with Crippen molar-refractivity contribution in [2.75, 3.05) is 26.4 Å². The largest absolute Gasteiger partial charge is 2.00 e. The number of hydrogen-bond acceptors (Lipinski definition) is 8. The van der Waals surface area contributed by atoms with E-state index in [1.54, 1.807) is 0 Å². The molecule has 4 rings (SSSR count). The Labute approximate surface area is 422 Å². The number of carbonyl (C=O) groups is 4. The average molecular weight is 1330 g/mol. The van der Waals surface area contributed by atoms with Crippen LogP contribution < -0.4 is 0 Å². The maximum atomic E-state index is 11.2. The van der Waals surface area contributed by atoms with Crippen LogP contribution in [0.1, 0.15) is 127 Å². The second-order valence-electron chi connectivity index (χ2n) is 13.0. The Kier molecular flexibility index (Phi) is 34.6. The van der Waals surface area contributed by atoms with E-state index in [1.165, 1.54) is 36.5 Å². The first-order valence-electron chi connectivity index (χ1n) is 18.9. The average Bonchev–Trinajstić information content (AvgIpc) is 3.95. The molecular weight excluding hydrogens is 1280 g/mol. The fourth-order valence-electron chi connectivity index (χ4n) is 5.57. The molecule has 0 radical (unpaired) electrons. The summed E-state index contributed by atoms with van der Waals surface area (Å²) in [7, 11) is 0. The first-order chi connectivity index (χ1) is 26.6. The third-order valence-electron chi connectivity index (χ3n) is 8.41. The summed E-state index contributed by atoms with van der Waals surface area (Å²) in [5.41, 5.74) is 4.94. The molecule has 0 heterocycles. The molecule has 0 aliphatic rings. The van der Waals surface area contributed by atoms with Crippen LogP contribution in [0.5, 0.6) is 0 Å². The molecule has 0 aliphatic carbocycles. The summed E-state index contributed by atoms with van der Waals surface area (Å²) in [6, 6.07) is 24.5. The van der Waals surface area contributed by atoms with Gasteiger partial charge in [-0.05, 0) is 45.4 Å². The van der Waals surface area contributed by atoms with Gasteiger partial charge in [-0.25, -0.2) is 36.4 Å². The Hall–Kier alpha value is -0.761. The van der Waals surface area contributed by atoms with Crippen LogP contribution in [0.2, 0.25) is 0 Å². The van der Waals surface area contributed by atoms with Crippen molar-refractivity contribution in [2.45, 2.75) is 105 Å². The SMILES string of the molecule is CCOC(=O)C[C@H](C)c1c[cH-]cc1I.CCOC(=O)C[C@H](C)c1ccc[c-]1I.CCOC(=O)C[C@H](C)c1ccc[c-]1I.CCOC(=O)C[C@H](C)c1ccc[c-]1I.[Fe+2].[Fe+2]. The number of hydrogen-bond donors (Lipinski definition) is 0. The van der Waals surface area contributed by atoms with Crippen LogP contribution in [0.3, 0.4) is 0 Å². The van der Waals surface area contributed by atoms with E-state index in [0.717, 1.165) is 0 Å². The van der Waals surface area contributed by atoms with Crippen molar-refractivity contribution < 1.29 is 72.3 Å². The van der Waals surface area contributed by atoms with Gasteiger partial charge in [0, 0.05) is 6.42 Å². The molecule has 0 aliphatic heterocycles. The molecule has 0 amide bonds. The van der Waals surface area contributed by atoms with Crippen molar-refractivity contribution >= 4 is 114 Å². The molecule has 0 saturated carbocycles. The first-order valence-corrected chi connectivity index (χ1v) is 23.2. The topological polar surface area (TPSA) is 105 Å². The zero-order chi connectivity index (χ0) is 42.2. The van der Waals surface area contributed by atoms with Gasteiger partial charge in [0.15, 0.2) is 0 Å². The molecule has 324 valence electrons. The first kappa shape index (κ1) is 59.3.